The van der Waals surface area contributed by atoms with Gasteiger partial charge in [0.1, 0.15) is 5.54 Å². The fraction of sp³-hybridized carbons (Fsp3) is 0.818. The number of hydrogen-bond acceptors (Lipinski definition) is 4. The van der Waals surface area contributed by atoms with E-state index in [0.717, 1.165) is 31.4 Å². The largest absolute Gasteiger partial charge is 0.396 e. The standard InChI is InChI=1S/C11H18N2O2S/c12-9-11(4-1-2-5-11)13-10(15)8-16-7-3-6-14/h14H,1-8H2,(H,13,15). The molecule has 5 heteroatoms. The number of aliphatic hydroxyl groups excluding tert-OH is 1. The molecule has 0 aromatic rings. The first-order valence-electron chi connectivity index (χ1n) is 5.63. The predicted molar refractivity (Wildman–Crippen MR) is 64.0 cm³/mol. The van der Waals surface area contributed by atoms with Gasteiger partial charge in [-0.2, -0.15) is 17.0 Å². The van der Waals surface area contributed by atoms with Crippen LogP contribution in [0.5, 0.6) is 0 Å². The summed E-state index contributed by atoms with van der Waals surface area (Å²) in [5, 5.41) is 20.5. The Hall–Kier alpha value is -0.730. The van der Waals surface area contributed by atoms with Crippen molar-refractivity contribution in [2.24, 2.45) is 0 Å². The molecule has 1 fully saturated rings. The Labute approximate surface area is 100 Å². The molecule has 1 aliphatic rings. The zero-order valence-electron chi connectivity index (χ0n) is 9.37. The maximum Gasteiger partial charge on any atom is 0.231 e. The van der Waals surface area contributed by atoms with Gasteiger partial charge in [-0.1, -0.05) is 0 Å². The van der Waals surface area contributed by atoms with Gasteiger partial charge in [-0.05, 0) is 37.9 Å². The summed E-state index contributed by atoms with van der Waals surface area (Å²) < 4.78 is 0. The molecule has 0 aliphatic heterocycles. The molecular weight excluding hydrogens is 224 g/mol. The third kappa shape index (κ3) is 4.03. The molecule has 0 radical (unpaired) electrons. The molecule has 1 saturated carbocycles. The summed E-state index contributed by atoms with van der Waals surface area (Å²) in [7, 11) is 0. The Morgan fingerprint density at radius 1 is 1.50 bits per heavy atom. The van der Waals surface area contributed by atoms with E-state index in [1.807, 2.05) is 0 Å². The van der Waals surface area contributed by atoms with Gasteiger partial charge in [-0.25, -0.2) is 0 Å². The van der Waals surface area contributed by atoms with Crippen molar-refractivity contribution in [2.45, 2.75) is 37.6 Å². The molecule has 0 unspecified atom stereocenters. The van der Waals surface area contributed by atoms with Crippen LogP contribution in [0.4, 0.5) is 0 Å². The average molecular weight is 242 g/mol. The number of nitrogens with zero attached hydrogens (tertiary/aromatic N) is 1. The van der Waals surface area contributed by atoms with Crippen molar-refractivity contribution in [1.82, 2.24) is 5.32 Å². The summed E-state index contributed by atoms with van der Waals surface area (Å²) in [6.07, 6.45) is 4.30. The number of hydrogen-bond donors (Lipinski definition) is 2. The molecule has 1 amide bonds. The number of carbonyl (C=O) groups is 1. The zero-order valence-corrected chi connectivity index (χ0v) is 10.2. The van der Waals surface area contributed by atoms with Crippen LogP contribution in [0.3, 0.4) is 0 Å². The summed E-state index contributed by atoms with van der Waals surface area (Å²) in [5.41, 5.74) is -0.603. The molecule has 0 heterocycles. The maximum atomic E-state index is 11.6. The number of aliphatic hydroxyl groups is 1. The number of nitrogens with one attached hydrogen (secondary N) is 1. The number of thioether (sulfide) groups is 1. The minimum Gasteiger partial charge on any atom is -0.396 e. The van der Waals surface area contributed by atoms with Crippen molar-refractivity contribution in [3.05, 3.63) is 0 Å². The minimum absolute atomic E-state index is 0.0635. The van der Waals surface area contributed by atoms with E-state index in [2.05, 4.69) is 11.4 Å². The molecule has 1 rings (SSSR count). The minimum atomic E-state index is -0.603. The molecule has 0 spiro atoms. The summed E-state index contributed by atoms with van der Waals surface area (Å²) in [4.78, 5) is 11.6. The molecular formula is C11H18N2O2S. The third-order valence-electron chi connectivity index (χ3n) is 2.73. The zero-order chi connectivity index (χ0) is 11.9. The molecule has 90 valence electrons. The van der Waals surface area contributed by atoms with Crippen LogP contribution in [0.25, 0.3) is 0 Å². The second-order valence-corrected chi connectivity index (χ2v) is 5.18. The second-order valence-electron chi connectivity index (χ2n) is 4.08. The van der Waals surface area contributed by atoms with Gasteiger partial charge < -0.3 is 10.4 Å². The van der Waals surface area contributed by atoms with Gasteiger partial charge in [0.2, 0.25) is 5.91 Å². The van der Waals surface area contributed by atoms with Crippen molar-refractivity contribution in [2.75, 3.05) is 18.1 Å². The molecule has 2 N–H and O–H groups in total. The van der Waals surface area contributed by atoms with E-state index >= 15 is 0 Å². The molecule has 0 aromatic carbocycles. The lowest BCUT2D eigenvalue weighted by Gasteiger charge is -2.21. The summed E-state index contributed by atoms with van der Waals surface area (Å²) in [6.45, 7) is 0.163. The fourth-order valence-electron chi connectivity index (χ4n) is 1.88. The van der Waals surface area contributed by atoms with E-state index in [4.69, 9.17) is 10.4 Å². The molecule has 0 atom stereocenters. The SMILES string of the molecule is N#CC1(NC(=O)CSCCCO)CCCC1. The van der Waals surface area contributed by atoms with Gasteiger partial charge >= 0.3 is 0 Å². The first-order chi connectivity index (χ1) is 7.72. The monoisotopic (exact) mass is 242 g/mol. The van der Waals surface area contributed by atoms with Crippen LogP contribution >= 0.6 is 11.8 Å². The first kappa shape index (κ1) is 13.3. The van der Waals surface area contributed by atoms with Crippen molar-refractivity contribution < 1.29 is 9.90 Å². The highest BCUT2D eigenvalue weighted by Crippen LogP contribution is 2.28. The molecule has 1 aliphatic carbocycles. The van der Waals surface area contributed by atoms with Gasteiger partial charge in [0.05, 0.1) is 11.8 Å². The lowest BCUT2D eigenvalue weighted by Crippen LogP contribution is -2.45. The van der Waals surface area contributed by atoms with E-state index in [-0.39, 0.29) is 12.5 Å². The molecule has 0 saturated heterocycles. The van der Waals surface area contributed by atoms with Gasteiger partial charge in [0, 0.05) is 6.61 Å². The van der Waals surface area contributed by atoms with E-state index < -0.39 is 5.54 Å². The van der Waals surface area contributed by atoms with Gasteiger partial charge in [-0.3, -0.25) is 4.79 Å². The van der Waals surface area contributed by atoms with Crippen LogP contribution < -0.4 is 5.32 Å². The Balaban J connectivity index is 2.25. The van der Waals surface area contributed by atoms with E-state index in [0.29, 0.717) is 12.2 Å². The lowest BCUT2D eigenvalue weighted by atomic mass is 10.0. The van der Waals surface area contributed by atoms with Crippen LogP contribution in [0.15, 0.2) is 0 Å². The normalized spacial score (nSPS) is 18.0. The second kappa shape index (κ2) is 6.77. The van der Waals surface area contributed by atoms with Gasteiger partial charge in [-0.15, -0.1) is 0 Å². The van der Waals surface area contributed by atoms with Crippen molar-refractivity contribution in [1.29, 1.82) is 5.26 Å². The number of nitriles is 1. The van der Waals surface area contributed by atoms with Crippen LogP contribution in [0.1, 0.15) is 32.1 Å². The molecule has 16 heavy (non-hydrogen) atoms. The number of carbonyl (C=O) groups excluding carboxylic acids is 1. The fourth-order valence-corrected chi connectivity index (χ4v) is 2.61. The lowest BCUT2D eigenvalue weighted by molar-refractivity contribution is -0.119. The number of rotatable bonds is 6. The van der Waals surface area contributed by atoms with Crippen LogP contribution in [-0.4, -0.2) is 34.7 Å². The van der Waals surface area contributed by atoms with E-state index in [1.165, 1.54) is 11.8 Å². The molecule has 0 aromatic heterocycles. The van der Waals surface area contributed by atoms with Crippen molar-refractivity contribution in [3.63, 3.8) is 0 Å². The average Bonchev–Trinajstić information content (AvgIpc) is 2.74. The van der Waals surface area contributed by atoms with Crippen LogP contribution in [-0.2, 0) is 4.79 Å². The first-order valence-corrected chi connectivity index (χ1v) is 6.79. The van der Waals surface area contributed by atoms with Crippen molar-refractivity contribution in [3.8, 4) is 6.07 Å². The maximum absolute atomic E-state index is 11.6. The highest BCUT2D eigenvalue weighted by molar-refractivity contribution is 7.99. The van der Waals surface area contributed by atoms with E-state index in [9.17, 15) is 4.79 Å². The molecule has 0 bridgehead atoms. The predicted octanol–water partition coefficient (Wildman–Crippen LogP) is 1.05. The topological polar surface area (TPSA) is 73.1 Å². The van der Waals surface area contributed by atoms with Gasteiger partial charge in [0.15, 0.2) is 0 Å². The van der Waals surface area contributed by atoms with Crippen molar-refractivity contribution >= 4 is 17.7 Å². The molecule has 4 nitrogen and oxygen atoms in total. The Morgan fingerprint density at radius 2 is 2.19 bits per heavy atom. The highest BCUT2D eigenvalue weighted by atomic mass is 32.2. The third-order valence-corrected chi connectivity index (χ3v) is 3.77. The van der Waals surface area contributed by atoms with Crippen LogP contribution in [0.2, 0.25) is 0 Å². The summed E-state index contributed by atoms with van der Waals surface area (Å²) in [6, 6.07) is 2.23. The smallest absolute Gasteiger partial charge is 0.231 e. The van der Waals surface area contributed by atoms with E-state index in [1.54, 1.807) is 0 Å². The Bertz CT molecular complexity index is 270. The Kier molecular flexibility index (Phi) is 5.64. The summed E-state index contributed by atoms with van der Waals surface area (Å²) >= 11 is 1.50. The highest BCUT2D eigenvalue weighted by Gasteiger charge is 2.35. The quantitative estimate of drug-likeness (QED) is 0.683. The number of amides is 1. The summed E-state index contributed by atoms with van der Waals surface area (Å²) in [5.74, 6) is 1.10. The van der Waals surface area contributed by atoms with Crippen LogP contribution in [0, 0.1) is 11.3 Å². The van der Waals surface area contributed by atoms with Gasteiger partial charge in [0.25, 0.3) is 0 Å². The Morgan fingerprint density at radius 3 is 2.75 bits per heavy atom.